The van der Waals surface area contributed by atoms with Crippen molar-refractivity contribution in [3.8, 4) is 0 Å². The van der Waals surface area contributed by atoms with Gasteiger partial charge in [0.1, 0.15) is 0 Å². The molecule has 0 saturated heterocycles. The van der Waals surface area contributed by atoms with Crippen molar-refractivity contribution >= 4 is 9.84 Å². The highest BCUT2D eigenvalue weighted by Crippen LogP contribution is 2.66. The zero-order chi connectivity index (χ0) is 13.2. The number of benzene rings is 1. The van der Waals surface area contributed by atoms with Crippen molar-refractivity contribution in [2.24, 2.45) is 5.92 Å². The molecule has 0 aliphatic heterocycles. The lowest BCUT2D eigenvalue weighted by atomic mass is 10.00. The molecule has 18 heavy (non-hydrogen) atoms. The van der Waals surface area contributed by atoms with Crippen LogP contribution >= 0.6 is 0 Å². The summed E-state index contributed by atoms with van der Waals surface area (Å²) in [6, 6.07) is 3.81. The molecule has 2 aliphatic rings. The molecule has 0 aromatic heterocycles. The van der Waals surface area contributed by atoms with Gasteiger partial charge < -0.3 is 0 Å². The molecule has 1 aromatic rings. The summed E-state index contributed by atoms with van der Waals surface area (Å²) < 4.78 is 61.0. The van der Waals surface area contributed by atoms with Crippen LogP contribution in [0.2, 0.25) is 0 Å². The fraction of sp³-hybridized carbons (Fsp3) is 0.500. The first-order valence-electron chi connectivity index (χ1n) is 5.69. The number of hydrogen-bond acceptors (Lipinski definition) is 2. The maximum absolute atomic E-state index is 12.4. The molecule has 2 fully saturated rings. The van der Waals surface area contributed by atoms with Gasteiger partial charge in [0, 0.05) is 0 Å². The lowest BCUT2D eigenvalue weighted by Crippen LogP contribution is -2.32. The van der Waals surface area contributed by atoms with Crippen molar-refractivity contribution in [2.45, 2.75) is 35.1 Å². The number of sulfone groups is 1. The molecule has 0 amide bonds. The summed E-state index contributed by atoms with van der Waals surface area (Å²) in [6.45, 7) is 0. The zero-order valence-corrected chi connectivity index (χ0v) is 10.2. The number of fused-ring (bicyclic) bond motifs is 1. The van der Waals surface area contributed by atoms with E-state index in [9.17, 15) is 21.6 Å². The van der Waals surface area contributed by atoms with Crippen LogP contribution in [0.25, 0.3) is 0 Å². The van der Waals surface area contributed by atoms with Crippen LogP contribution in [0.15, 0.2) is 29.2 Å². The van der Waals surface area contributed by atoms with E-state index >= 15 is 0 Å². The Hall–Kier alpha value is -1.04. The molecule has 1 aromatic carbocycles. The molecule has 3 rings (SSSR count). The Labute approximate surface area is 103 Å². The van der Waals surface area contributed by atoms with Crippen molar-refractivity contribution < 1.29 is 21.6 Å². The molecule has 0 radical (unpaired) electrons. The van der Waals surface area contributed by atoms with E-state index in [1.807, 2.05) is 0 Å². The average Bonchev–Trinajstić information content (AvgIpc) is 2.81. The van der Waals surface area contributed by atoms with E-state index in [1.165, 1.54) is 0 Å². The minimum absolute atomic E-state index is 0.0118. The first-order valence-corrected chi connectivity index (χ1v) is 7.18. The van der Waals surface area contributed by atoms with Crippen LogP contribution in [-0.2, 0) is 16.0 Å². The van der Waals surface area contributed by atoms with E-state index in [0.29, 0.717) is 12.8 Å². The van der Waals surface area contributed by atoms with Gasteiger partial charge in [0.2, 0.25) is 0 Å². The number of halogens is 3. The summed E-state index contributed by atoms with van der Waals surface area (Å²) >= 11 is 0. The topological polar surface area (TPSA) is 34.1 Å². The smallest absolute Gasteiger partial charge is 0.223 e. The van der Waals surface area contributed by atoms with Gasteiger partial charge in [-0.3, -0.25) is 0 Å². The highest BCUT2D eigenvalue weighted by molar-refractivity contribution is 7.93. The number of alkyl halides is 3. The van der Waals surface area contributed by atoms with E-state index in [0.717, 1.165) is 30.7 Å². The van der Waals surface area contributed by atoms with E-state index < -0.39 is 26.3 Å². The van der Waals surface area contributed by atoms with Crippen LogP contribution < -0.4 is 0 Å². The summed E-state index contributed by atoms with van der Waals surface area (Å²) in [7, 11) is -3.46. The fourth-order valence-corrected chi connectivity index (χ4v) is 5.08. The second-order valence-electron chi connectivity index (χ2n) is 5.03. The van der Waals surface area contributed by atoms with Crippen LogP contribution in [0.1, 0.15) is 24.8 Å². The molecular formula is C12H11F3O2S. The van der Waals surface area contributed by atoms with Gasteiger partial charge in [0.15, 0.2) is 9.84 Å². The Morgan fingerprint density at radius 1 is 1.17 bits per heavy atom. The van der Waals surface area contributed by atoms with Crippen molar-refractivity contribution in [1.82, 2.24) is 0 Å². The predicted octanol–water partition coefficient (Wildman–Crippen LogP) is 3.03. The number of rotatable bonds is 2. The van der Waals surface area contributed by atoms with E-state index in [2.05, 4.69) is 0 Å². The summed E-state index contributed by atoms with van der Waals surface area (Å²) in [5.74, 6) is 0.227. The molecular weight excluding hydrogens is 265 g/mol. The monoisotopic (exact) mass is 276 g/mol. The lowest BCUT2D eigenvalue weighted by Gasteiger charge is -2.25. The van der Waals surface area contributed by atoms with Gasteiger partial charge >= 0.3 is 6.18 Å². The lowest BCUT2D eigenvalue weighted by molar-refractivity contribution is -0.137. The second-order valence-corrected chi connectivity index (χ2v) is 7.32. The normalized spacial score (nSPS) is 30.5. The Kier molecular flexibility index (Phi) is 2.20. The van der Waals surface area contributed by atoms with Gasteiger partial charge in [-0.25, -0.2) is 8.42 Å². The molecule has 2 unspecified atom stereocenters. The molecule has 2 atom stereocenters. The molecule has 2 nitrogen and oxygen atoms in total. The molecule has 6 heteroatoms. The third kappa shape index (κ3) is 1.44. The second kappa shape index (κ2) is 3.29. The SMILES string of the molecule is O=S(=O)(c1ccc(C(F)(F)F)cc1)C12CCC1C2. The highest BCUT2D eigenvalue weighted by atomic mass is 32.2. The van der Waals surface area contributed by atoms with Gasteiger partial charge in [0.05, 0.1) is 15.2 Å². The summed E-state index contributed by atoms with van der Waals surface area (Å²) in [5.41, 5.74) is -0.820. The molecule has 2 saturated carbocycles. The fourth-order valence-electron chi connectivity index (χ4n) is 2.75. The maximum Gasteiger partial charge on any atom is 0.416 e. The molecule has 0 spiro atoms. The number of hydrogen-bond donors (Lipinski definition) is 0. The molecule has 0 N–H and O–H groups in total. The van der Waals surface area contributed by atoms with Crippen molar-refractivity contribution in [3.63, 3.8) is 0 Å². The molecule has 0 heterocycles. The molecule has 98 valence electrons. The minimum atomic E-state index is -4.43. The van der Waals surface area contributed by atoms with Gasteiger partial charge in [-0.2, -0.15) is 13.2 Å². The zero-order valence-electron chi connectivity index (χ0n) is 9.37. The van der Waals surface area contributed by atoms with E-state index in [4.69, 9.17) is 0 Å². The quantitative estimate of drug-likeness (QED) is 0.832. The third-order valence-corrected chi connectivity index (χ3v) is 6.79. The van der Waals surface area contributed by atoms with Crippen molar-refractivity contribution in [1.29, 1.82) is 0 Å². The highest BCUT2D eigenvalue weighted by Gasteiger charge is 2.69. The molecule has 2 aliphatic carbocycles. The van der Waals surface area contributed by atoms with Gasteiger partial charge in [0.25, 0.3) is 0 Å². The van der Waals surface area contributed by atoms with Crippen LogP contribution in [0.4, 0.5) is 13.2 Å². The first-order chi connectivity index (χ1) is 8.27. The Bertz CT molecular complexity index is 585. The Morgan fingerprint density at radius 3 is 2.11 bits per heavy atom. The summed E-state index contributed by atoms with van der Waals surface area (Å²) in [6.07, 6.45) is -2.21. The van der Waals surface area contributed by atoms with Crippen molar-refractivity contribution in [3.05, 3.63) is 29.8 Å². The minimum Gasteiger partial charge on any atom is -0.223 e. The van der Waals surface area contributed by atoms with Crippen LogP contribution in [-0.4, -0.2) is 13.2 Å². The van der Waals surface area contributed by atoms with Gasteiger partial charge in [-0.05, 0) is 49.4 Å². The van der Waals surface area contributed by atoms with Crippen LogP contribution in [0, 0.1) is 5.92 Å². The maximum atomic E-state index is 12.4. The summed E-state index contributed by atoms with van der Waals surface area (Å²) in [5, 5.41) is 0. The Balaban J connectivity index is 1.94. The standard InChI is InChI=1S/C12H11F3O2S/c13-12(14,15)8-1-3-10(4-2-8)18(16,17)11-6-5-9(11)7-11/h1-4,9H,5-7H2. The van der Waals surface area contributed by atoms with E-state index in [1.54, 1.807) is 0 Å². The van der Waals surface area contributed by atoms with E-state index in [-0.39, 0.29) is 10.8 Å². The van der Waals surface area contributed by atoms with Gasteiger partial charge in [-0.1, -0.05) is 0 Å². The predicted molar refractivity (Wildman–Crippen MR) is 58.7 cm³/mol. The van der Waals surface area contributed by atoms with Crippen LogP contribution in [0.3, 0.4) is 0 Å². The average molecular weight is 276 g/mol. The van der Waals surface area contributed by atoms with Crippen LogP contribution in [0.5, 0.6) is 0 Å². The first kappa shape index (κ1) is 12.0. The van der Waals surface area contributed by atoms with Gasteiger partial charge in [-0.15, -0.1) is 0 Å². The largest absolute Gasteiger partial charge is 0.416 e. The Morgan fingerprint density at radius 2 is 1.78 bits per heavy atom. The van der Waals surface area contributed by atoms with Crippen molar-refractivity contribution in [2.75, 3.05) is 0 Å². The summed E-state index contributed by atoms with van der Waals surface area (Å²) in [4.78, 5) is 0.0118. The third-order valence-electron chi connectivity index (χ3n) is 4.12. The molecule has 0 bridgehead atoms.